The van der Waals surface area contributed by atoms with Gasteiger partial charge in [0.2, 0.25) is 0 Å². The lowest BCUT2D eigenvalue weighted by Gasteiger charge is -2.09. The first-order valence-corrected chi connectivity index (χ1v) is 7.17. The van der Waals surface area contributed by atoms with Crippen LogP contribution in [0.1, 0.15) is 17.7 Å². The summed E-state index contributed by atoms with van der Waals surface area (Å²) in [4.78, 5) is 20.0. The van der Waals surface area contributed by atoms with E-state index < -0.39 is 0 Å². The highest BCUT2D eigenvalue weighted by atomic mass is 35.5. The molecule has 0 N–H and O–H groups in total. The zero-order valence-electron chi connectivity index (χ0n) is 12.7. The summed E-state index contributed by atoms with van der Waals surface area (Å²) in [5.41, 5.74) is 2.38. The van der Waals surface area contributed by atoms with Crippen molar-refractivity contribution in [3.8, 4) is 17.1 Å². The Morgan fingerprint density at radius 3 is 2.41 bits per heavy atom. The number of halogens is 1. The maximum atomic E-state index is 11.2. The van der Waals surface area contributed by atoms with Crippen molar-refractivity contribution in [3.05, 3.63) is 40.7 Å². The third-order valence-corrected chi connectivity index (χ3v) is 3.63. The van der Waals surface area contributed by atoms with Gasteiger partial charge in [-0.1, -0.05) is 11.6 Å². The lowest BCUT2D eigenvalue weighted by molar-refractivity contribution is -0.140. The molecule has 22 heavy (non-hydrogen) atoms. The third kappa shape index (κ3) is 3.74. The fourth-order valence-corrected chi connectivity index (χ4v) is 2.35. The van der Waals surface area contributed by atoms with Crippen LogP contribution >= 0.6 is 11.6 Å². The van der Waals surface area contributed by atoms with Gasteiger partial charge in [0.25, 0.3) is 0 Å². The average Bonchev–Trinajstić information content (AvgIpc) is 2.53. The molecule has 0 bridgehead atoms. The smallest absolute Gasteiger partial charge is 0.305 e. The van der Waals surface area contributed by atoms with Crippen LogP contribution in [0.25, 0.3) is 11.4 Å². The van der Waals surface area contributed by atoms with Gasteiger partial charge in [0.15, 0.2) is 5.82 Å². The molecule has 0 spiro atoms. The molecule has 5 nitrogen and oxygen atoms in total. The van der Waals surface area contributed by atoms with Crippen LogP contribution in [0.3, 0.4) is 0 Å². The van der Waals surface area contributed by atoms with Crippen LogP contribution in [0.5, 0.6) is 5.75 Å². The van der Waals surface area contributed by atoms with E-state index in [9.17, 15) is 4.79 Å². The van der Waals surface area contributed by atoms with Crippen molar-refractivity contribution in [2.75, 3.05) is 14.2 Å². The molecule has 0 aliphatic carbocycles. The van der Waals surface area contributed by atoms with Gasteiger partial charge in [0.1, 0.15) is 10.9 Å². The van der Waals surface area contributed by atoms with Crippen molar-refractivity contribution in [2.24, 2.45) is 0 Å². The summed E-state index contributed by atoms with van der Waals surface area (Å²) in [6.45, 7) is 1.85. The fourth-order valence-electron chi connectivity index (χ4n) is 2.04. The van der Waals surface area contributed by atoms with E-state index in [0.29, 0.717) is 17.4 Å². The Kier molecular flexibility index (Phi) is 5.33. The minimum absolute atomic E-state index is 0.252. The van der Waals surface area contributed by atoms with Crippen LogP contribution in [0.15, 0.2) is 24.3 Å². The highest BCUT2D eigenvalue weighted by Gasteiger charge is 2.13. The van der Waals surface area contributed by atoms with E-state index in [0.717, 1.165) is 22.6 Å². The highest BCUT2D eigenvalue weighted by Crippen LogP contribution is 2.24. The molecule has 0 radical (unpaired) electrons. The van der Waals surface area contributed by atoms with Crippen molar-refractivity contribution in [1.82, 2.24) is 9.97 Å². The number of ether oxygens (including phenoxy) is 2. The van der Waals surface area contributed by atoms with Crippen LogP contribution < -0.4 is 4.74 Å². The van der Waals surface area contributed by atoms with Crippen molar-refractivity contribution < 1.29 is 14.3 Å². The quantitative estimate of drug-likeness (QED) is 0.625. The number of benzene rings is 1. The normalized spacial score (nSPS) is 10.4. The molecule has 0 saturated heterocycles. The Morgan fingerprint density at radius 1 is 1.18 bits per heavy atom. The van der Waals surface area contributed by atoms with Crippen molar-refractivity contribution in [1.29, 1.82) is 0 Å². The molecular weight excluding hydrogens is 304 g/mol. The maximum Gasteiger partial charge on any atom is 0.305 e. The van der Waals surface area contributed by atoms with Crippen molar-refractivity contribution in [3.63, 3.8) is 0 Å². The predicted octanol–water partition coefficient (Wildman–Crippen LogP) is 3.22. The van der Waals surface area contributed by atoms with E-state index in [-0.39, 0.29) is 12.4 Å². The standard InChI is InChI=1S/C16H17ClN2O3/c1-10-13(8-9-14(20)22-3)15(17)19-16(18-10)11-4-6-12(21-2)7-5-11/h4-7H,8-9H2,1-3H3. The molecule has 116 valence electrons. The number of aromatic nitrogens is 2. The van der Waals surface area contributed by atoms with Crippen LogP contribution in [0, 0.1) is 6.92 Å². The molecule has 0 fully saturated rings. The monoisotopic (exact) mass is 320 g/mol. The summed E-state index contributed by atoms with van der Waals surface area (Å²) in [5, 5.41) is 0.363. The van der Waals surface area contributed by atoms with Gasteiger partial charge in [0, 0.05) is 23.2 Å². The topological polar surface area (TPSA) is 61.3 Å². The van der Waals surface area contributed by atoms with Gasteiger partial charge in [-0.25, -0.2) is 9.97 Å². The van der Waals surface area contributed by atoms with Crippen LogP contribution in [-0.2, 0) is 16.0 Å². The van der Waals surface area contributed by atoms with Crippen molar-refractivity contribution >= 4 is 17.6 Å². The van der Waals surface area contributed by atoms with Crippen molar-refractivity contribution in [2.45, 2.75) is 19.8 Å². The summed E-state index contributed by atoms with van der Waals surface area (Å²) in [7, 11) is 2.97. The Labute approximate surface area is 134 Å². The minimum Gasteiger partial charge on any atom is -0.497 e. The molecule has 0 aliphatic rings. The molecule has 0 atom stereocenters. The molecule has 2 rings (SSSR count). The fraction of sp³-hybridized carbons (Fsp3) is 0.312. The summed E-state index contributed by atoms with van der Waals surface area (Å²) < 4.78 is 9.76. The molecule has 1 aromatic carbocycles. The number of carbonyl (C=O) groups excluding carboxylic acids is 1. The van der Waals surface area contributed by atoms with E-state index in [1.54, 1.807) is 7.11 Å². The van der Waals surface area contributed by atoms with Crippen LogP contribution in [0.2, 0.25) is 5.15 Å². The number of nitrogens with zero attached hydrogens (tertiary/aromatic N) is 2. The molecule has 1 aromatic heterocycles. The predicted molar refractivity (Wildman–Crippen MR) is 84.1 cm³/mol. The Bertz CT molecular complexity index is 649. The summed E-state index contributed by atoms with van der Waals surface area (Å²) in [6.07, 6.45) is 0.711. The minimum atomic E-state index is -0.283. The summed E-state index contributed by atoms with van der Waals surface area (Å²) in [6, 6.07) is 7.43. The van der Waals surface area contributed by atoms with Crippen LogP contribution in [-0.4, -0.2) is 30.2 Å². The van der Waals surface area contributed by atoms with E-state index >= 15 is 0 Å². The number of aryl methyl sites for hydroxylation is 1. The maximum absolute atomic E-state index is 11.2. The van der Waals surface area contributed by atoms with Gasteiger partial charge in [-0.15, -0.1) is 0 Å². The summed E-state index contributed by atoms with van der Waals surface area (Å²) in [5.74, 6) is 1.03. The van der Waals surface area contributed by atoms with E-state index in [1.165, 1.54) is 7.11 Å². The lowest BCUT2D eigenvalue weighted by Crippen LogP contribution is -2.06. The number of hydrogen-bond donors (Lipinski definition) is 0. The first kappa shape index (κ1) is 16.2. The highest BCUT2D eigenvalue weighted by molar-refractivity contribution is 6.30. The number of carbonyl (C=O) groups is 1. The molecule has 0 aliphatic heterocycles. The summed E-state index contributed by atoms with van der Waals surface area (Å²) >= 11 is 6.24. The molecular formula is C16H17ClN2O3. The molecule has 0 amide bonds. The van der Waals surface area contributed by atoms with Gasteiger partial charge in [0.05, 0.1) is 14.2 Å². The van der Waals surface area contributed by atoms with E-state index in [1.807, 2.05) is 31.2 Å². The number of rotatable bonds is 5. The van der Waals surface area contributed by atoms with E-state index in [2.05, 4.69) is 14.7 Å². The SMILES string of the molecule is COC(=O)CCc1c(C)nc(-c2ccc(OC)cc2)nc1Cl. The average molecular weight is 321 g/mol. The third-order valence-electron chi connectivity index (χ3n) is 3.32. The molecule has 1 heterocycles. The molecule has 0 saturated carbocycles. The number of methoxy groups -OCH3 is 2. The number of esters is 1. The molecule has 2 aromatic rings. The Morgan fingerprint density at radius 2 is 1.86 bits per heavy atom. The second-order valence-electron chi connectivity index (χ2n) is 4.71. The van der Waals surface area contributed by atoms with Crippen LogP contribution in [0.4, 0.5) is 0 Å². The van der Waals surface area contributed by atoms with E-state index in [4.69, 9.17) is 16.3 Å². The van der Waals surface area contributed by atoms with Gasteiger partial charge in [-0.2, -0.15) is 0 Å². The zero-order valence-corrected chi connectivity index (χ0v) is 13.5. The zero-order chi connectivity index (χ0) is 16.1. The number of hydrogen-bond acceptors (Lipinski definition) is 5. The largest absolute Gasteiger partial charge is 0.497 e. The molecule has 0 unspecified atom stereocenters. The second-order valence-corrected chi connectivity index (χ2v) is 5.06. The van der Waals surface area contributed by atoms with Gasteiger partial charge in [-0.05, 0) is 37.6 Å². The second kappa shape index (κ2) is 7.22. The first-order valence-electron chi connectivity index (χ1n) is 6.79. The lowest BCUT2D eigenvalue weighted by atomic mass is 10.1. The van der Waals surface area contributed by atoms with Gasteiger partial charge >= 0.3 is 5.97 Å². The first-order chi connectivity index (χ1) is 10.5. The van der Waals surface area contributed by atoms with Gasteiger partial charge in [-0.3, -0.25) is 4.79 Å². The Hall–Kier alpha value is -2.14. The molecule has 6 heteroatoms. The Balaban J connectivity index is 2.26. The van der Waals surface area contributed by atoms with Gasteiger partial charge < -0.3 is 9.47 Å².